The van der Waals surface area contributed by atoms with Crippen molar-refractivity contribution in [2.24, 2.45) is 5.41 Å². The number of alkyl halides is 2. The Hall–Kier alpha value is -1.06. The number of hydrogen-bond acceptors (Lipinski definition) is 5. The Labute approximate surface area is 134 Å². The first-order chi connectivity index (χ1) is 10.3. The van der Waals surface area contributed by atoms with Crippen molar-refractivity contribution in [1.82, 2.24) is 0 Å². The molecule has 2 rings (SSSR count). The van der Waals surface area contributed by atoms with E-state index in [4.69, 9.17) is 4.18 Å². The number of sulfone groups is 1. The maximum Gasteiger partial charge on any atom is 0.296 e. The monoisotopic (exact) mass is 368 g/mol. The van der Waals surface area contributed by atoms with Crippen LogP contribution in [0.4, 0.5) is 8.78 Å². The maximum atomic E-state index is 13.2. The third kappa shape index (κ3) is 4.71. The minimum Gasteiger partial charge on any atom is -0.266 e. The molecule has 0 radical (unpaired) electrons. The van der Waals surface area contributed by atoms with Crippen LogP contribution < -0.4 is 0 Å². The van der Waals surface area contributed by atoms with Gasteiger partial charge in [0, 0.05) is 24.5 Å². The van der Waals surface area contributed by atoms with Crippen molar-refractivity contribution < 1.29 is 29.8 Å². The van der Waals surface area contributed by atoms with E-state index in [1.54, 1.807) is 19.1 Å². The fraction of sp³-hybridized carbons (Fsp3) is 0.571. The lowest BCUT2D eigenvalue weighted by Gasteiger charge is -2.46. The van der Waals surface area contributed by atoms with Crippen LogP contribution >= 0.6 is 0 Å². The maximum absolute atomic E-state index is 13.2. The number of hydrogen-bond donors (Lipinski definition) is 0. The molecular formula is C14H18F2O5S2. The van der Waals surface area contributed by atoms with Crippen LogP contribution in [0.15, 0.2) is 29.2 Å². The Kier molecular flexibility index (Phi) is 4.60. The van der Waals surface area contributed by atoms with Crippen LogP contribution in [0.1, 0.15) is 18.4 Å². The molecule has 9 heteroatoms. The van der Waals surface area contributed by atoms with Crippen molar-refractivity contribution in [3.63, 3.8) is 0 Å². The second-order valence-corrected chi connectivity index (χ2v) is 10.1. The Bertz CT molecular complexity index is 775. The van der Waals surface area contributed by atoms with Crippen molar-refractivity contribution in [3.8, 4) is 0 Å². The van der Waals surface area contributed by atoms with Gasteiger partial charge in [0.1, 0.15) is 9.84 Å². The molecule has 0 bridgehead atoms. The molecule has 0 unspecified atom stereocenters. The molecule has 1 aliphatic carbocycles. The molecule has 1 fully saturated rings. The van der Waals surface area contributed by atoms with Crippen LogP contribution in [0, 0.1) is 12.3 Å². The van der Waals surface area contributed by atoms with Gasteiger partial charge in [-0.1, -0.05) is 17.7 Å². The molecule has 1 aliphatic rings. The first-order valence-electron chi connectivity index (χ1n) is 6.84. The van der Waals surface area contributed by atoms with Crippen molar-refractivity contribution in [1.29, 1.82) is 0 Å². The zero-order chi connectivity index (χ0) is 17.5. The summed E-state index contributed by atoms with van der Waals surface area (Å²) in [5.74, 6) is -3.51. The molecule has 1 aromatic carbocycles. The smallest absolute Gasteiger partial charge is 0.266 e. The van der Waals surface area contributed by atoms with Gasteiger partial charge in [0.25, 0.3) is 10.1 Å². The summed E-state index contributed by atoms with van der Waals surface area (Å²) < 4.78 is 78.3. The SMILES string of the molecule is Cc1ccc(S(=O)(=O)OCC2(CS(C)(=O)=O)CC(F)(F)C2)cc1. The first kappa shape index (κ1) is 18.3. The van der Waals surface area contributed by atoms with Gasteiger partial charge in [0.2, 0.25) is 5.92 Å². The molecule has 0 atom stereocenters. The van der Waals surface area contributed by atoms with Crippen LogP contribution in [0.2, 0.25) is 0 Å². The summed E-state index contributed by atoms with van der Waals surface area (Å²) in [5, 5.41) is 0. The van der Waals surface area contributed by atoms with Gasteiger partial charge in [0.15, 0.2) is 0 Å². The third-order valence-corrected chi connectivity index (χ3v) is 6.08. The molecule has 5 nitrogen and oxygen atoms in total. The average molecular weight is 368 g/mol. The number of benzene rings is 1. The summed E-state index contributed by atoms with van der Waals surface area (Å²) in [7, 11) is -7.66. The van der Waals surface area contributed by atoms with Crippen LogP contribution in [-0.2, 0) is 24.1 Å². The quantitative estimate of drug-likeness (QED) is 0.719. The van der Waals surface area contributed by atoms with Gasteiger partial charge in [-0.3, -0.25) is 4.18 Å². The van der Waals surface area contributed by atoms with E-state index >= 15 is 0 Å². The van der Waals surface area contributed by atoms with Crippen LogP contribution in [0.25, 0.3) is 0 Å². The Balaban J connectivity index is 2.14. The summed E-state index contributed by atoms with van der Waals surface area (Å²) in [4.78, 5) is -0.0938. The van der Waals surface area contributed by atoms with E-state index in [0.29, 0.717) is 0 Å². The zero-order valence-corrected chi connectivity index (χ0v) is 14.4. The van der Waals surface area contributed by atoms with E-state index in [1.807, 2.05) is 0 Å². The van der Waals surface area contributed by atoms with Gasteiger partial charge in [-0.25, -0.2) is 17.2 Å². The van der Waals surface area contributed by atoms with Crippen molar-refractivity contribution >= 4 is 20.0 Å². The van der Waals surface area contributed by atoms with Gasteiger partial charge in [-0.15, -0.1) is 0 Å². The van der Waals surface area contributed by atoms with Crippen LogP contribution in [0.5, 0.6) is 0 Å². The summed E-state index contributed by atoms with van der Waals surface area (Å²) >= 11 is 0. The summed E-state index contributed by atoms with van der Waals surface area (Å²) in [5.41, 5.74) is -0.509. The highest BCUT2D eigenvalue weighted by Gasteiger charge is 2.58. The molecule has 130 valence electrons. The van der Waals surface area contributed by atoms with E-state index in [1.165, 1.54) is 12.1 Å². The van der Waals surface area contributed by atoms with E-state index < -0.39 is 56.5 Å². The molecule has 0 amide bonds. The molecule has 0 heterocycles. The average Bonchev–Trinajstić information content (AvgIpc) is 2.33. The molecule has 1 aromatic rings. The largest absolute Gasteiger partial charge is 0.296 e. The number of rotatable bonds is 6. The minimum atomic E-state index is -4.12. The van der Waals surface area contributed by atoms with Crippen molar-refractivity contribution in [2.45, 2.75) is 30.6 Å². The Morgan fingerprint density at radius 3 is 2.04 bits per heavy atom. The third-order valence-electron chi connectivity index (χ3n) is 3.67. The predicted octanol–water partition coefficient (Wildman–Crippen LogP) is 2.16. The topological polar surface area (TPSA) is 77.5 Å². The van der Waals surface area contributed by atoms with Crippen LogP contribution in [-0.4, -0.2) is 41.4 Å². The first-order valence-corrected chi connectivity index (χ1v) is 10.3. The van der Waals surface area contributed by atoms with Crippen molar-refractivity contribution in [3.05, 3.63) is 29.8 Å². The lowest BCUT2D eigenvalue weighted by molar-refractivity contribution is -0.162. The highest BCUT2D eigenvalue weighted by molar-refractivity contribution is 7.90. The second-order valence-electron chi connectivity index (χ2n) is 6.31. The van der Waals surface area contributed by atoms with Gasteiger partial charge in [-0.2, -0.15) is 8.42 Å². The molecular weight excluding hydrogens is 350 g/mol. The lowest BCUT2D eigenvalue weighted by atomic mass is 9.68. The molecule has 0 aliphatic heterocycles. The molecule has 0 N–H and O–H groups in total. The standard InChI is InChI=1S/C14H18F2O5S2/c1-11-3-5-12(6-4-11)23(19,20)21-9-13(10-22(2,17)18)7-14(15,16)8-13/h3-6H,7-10H2,1-2H3. The summed E-state index contributed by atoms with van der Waals surface area (Å²) in [6, 6.07) is 5.87. The summed E-state index contributed by atoms with van der Waals surface area (Å²) in [6.07, 6.45) is -0.466. The fourth-order valence-corrected chi connectivity index (χ4v) is 5.23. The molecule has 1 saturated carbocycles. The van der Waals surface area contributed by atoms with E-state index in [-0.39, 0.29) is 4.90 Å². The highest BCUT2D eigenvalue weighted by atomic mass is 32.2. The van der Waals surface area contributed by atoms with E-state index in [0.717, 1.165) is 11.8 Å². The molecule has 23 heavy (non-hydrogen) atoms. The highest BCUT2D eigenvalue weighted by Crippen LogP contribution is 2.53. The number of halogens is 2. The van der Waals surface area contributed by atoms with Crippen molar-refractivity contribution in [2.75, 3.05) is 18.6 Å². The number of aryl methyl sites for hydroxylation is 1. The zero-order valence-electron chi connectivity index (χ0n) is 12.8. The van der Waals surface area contributed by atoms with Gasteiger partial charge < -0.3 is 0 Å². The molecule has 0 aromatic heterocycles. The minimum absolute atomic E-state index is 0.0938. The summed E-state index contributed by atoms with van der Waals surface area (Å²) in [6.45, 7) is 1.21. The lowest BCUT2D eigenvalue weighted by Crippen LogP contribution is -2.52. The van der Waals surface area contributed by atoms with E-state index in [9.17, 15) is 25.6 Å². The van der Waals surface area contributed by atoms with E-state index in [2.05, 4.69) is 0 Å². The molecule has 0 saturated heterocycles. The Morgan fingerprint density at radius 1 is 1.09 bits per heavy atom. The Morgan fingerprint density at radius 2 is 1.61 bits per heavy atom. The van der Waals surface area contributed by atoms with Gasteiger partial charge in [-0.05, 0) is 19.1 Å². The second kappa shape index (κ2) is 5.78. The normalized spacial score (nSPS) is 20.0. The van der Waals surface area contributed by atoms with Gasteiger partial charge in [0.05, 0.1) is 17.3 Å². The van der Waals surface area contributed by atoms with Gasteiger partial charge >= 0.3 is 0 Å². The van der Waals surface area contributed by atoms with Crippen LogP contribution in [0.3, 0.4) is 0 Å². The predicted molar refractivity (Wildman–Crippen MR) is 80.6 cm³/mol. The molecule has 0 spiro atoms. The fourth-order valence-electron chi connectivity index (χ4n) is 2.82.